The molecule has 0 atom stereocenters. The number of benzene rings is 2. The number of anilines is 2. The molecule has 6 nitrogen and oxygen atoms in total. The lowest BCUT2D eigenvalue weighted by molar-refractivity contribution is 0.0951. The van der Waals surface area contributed by atoms with Gasteiger partial charge in [-0.05, 0) is 67.4 Å². The van der Waals surface area contributed by atoms with Crippen LogP contribution in [0.1, 0.15) is 27.2 Å². The molecule has 0 radical (unpaired) electrons. The Hall–Kier alpha value is -3.03. The first kappa shape index (κ1) is 22.2. The number of nitrogens with zero attached hydrogens (tertiary/aromatic N) is 2. The van der Waals surface area contributed by atoms with E-state index < -0.39 is 0 Å². The molecule has 3 aromatic rings. The van der Waals surface area contributed by atoms with Crippen LogP contribution in [-0.2, 0) is 6.54 Å². The maximum atomic E-state index is 13.0. The van der Waals surface area contributed by atoms with Crippen LogP contribution < -0.4 is 15.5 Å². The molecule has 32 heavy (non-hydrogen) atoms. The molecule has 1 aliphatic heterocycles. The van der Waals surface area contributed by atoms with E-state index >= 15 is 0 Å². The van der Waals surface area contributed by atoms with Gasteiger partial charge >= 0.3 is 6.03 Å². The van der Waals surface area contributed by atoms with Gasteiger partial charge in [-0.25, -0.2) is 9.78 Å². The van der Waals surface area contributed by atoms with Gasteiger partial charge in [-0.1, -0.05) is 23.7 Å². The van der Waals surface area contributed by atoms with Crippen LogP contribution in [0.3, 0.4) is 0 Å². The van der Waals surface area contributed by atoms with E-state index in [-0.39, 0.29) is 11.9 Å². The molecule has 4 rings (SSSR count). The fourth-order valence-corrected chi connectivity index (χ4v) is 4.90. The molecule has 2 N–H and O–H groups in total. The van der Waals surface area contributed by atoms with Crippen molar-refractivity contribution in [1.82, 2.24) is 10.3 Å². The Morgan fingerprint density at radius 2 is 1.91 bits per heavy atom. The number of urea groups is 1. The third-order valence-corrected chi connectivity index (χ3v) is 6.27. The van der Waals surface area contributed by atoms with Crippen molar-refractivity contribution >= 4 is 46.7 Å². The van der Waals surface area contributed by atoms with Gasteiger partial charge in [-0.2, -0.15) is 0 Å². The monoisotopic (exact) mass is 466 g/mol. The molecule has 2 heterocycles. The summed E-state index contributed by atoms with van der Waals surface area (Å²) in [6.45, 7) is 4.95. The van der Waals surface area contributed by atoms with Crippen LogP contribution in [0.15, 0.2) is 59.6 Å². The maximum Gasteiger partial charge on any atom is 0.326 e. The Morgan fingerprint density at radius 1 is 1.12 bits per heavy atom. The molecule has 1 aliphatic rings. The second-order valence-electron chi connectivity index (χ2n) is 7.55. The van der Waals surface area contributed by atoms with Gasteiger partial charge in [0.2, 0.25) is 0 Å². The Kier molecular flexibility index (Phi) is 6.67. The summed E-state index contributed by atoms with van der Waals surface area (Å²) in [6, 6.07) is 16.0. The molecular formula is C24H23ClN4O2S. The SMILES string of the molecule is Cc1cc(C)c2c(n1)SCCN2C(=O)Nc1ccc(C(=O)NCc2cccc(Cl)c2)cc1. The zero-order valence-corrected chi connectivity index (χ0v) is 19.4. The van der Waals surface area contributed by atoms with Crippen molar-refractivity contribution in [2.45, 2.75) is 25.4 Å². The summed E-state index contributed by atoms with van der Waals surface area (Å²) >= 11 is 7.65. The topological polar surface area (TPSA) is 74.3 Å². The highest BCUT2D eigenvalue weighted by molar-refractivity contribution is 7.99. The smallest absolute Gasteiger partial charge is 0.326 e. The largest absolute Gasteiger partial charge is 0.348 e. The Labute approximate surface area is 196 Å². The highest BCUT2D eigenvalue weighted by Gasteiger charge is 2.26. The molecule has 0 spiro atoms. The van der Waals surface area contributed by atoms with E-state index in [1.54, 1.807) is 47.0 Å². The standard InChI is InChI=1S/C24H23ClN4O2S/c1-15-12-16(2)27-23-21(15)29(10-11-32-23)24(31)28-20-8-6-18(7-9-20)22(30)26-14-17-4-3-5-19(25)13-17/h3-9,12-13H,10-11,14H2,1-2H3,(H,26,30)(H,28,31). The van der Waals surface area contributed by atoms with Crippen molar-refractivity contribution in [2.24, 2.45) is 0 Å². The molecule has 0 saturated carbocycles. The first-order valence-electron chi connectivity index (χ1n) is 10.2. The molecule has 2 aromatic carbocycles. The molecule has 0 unspecified atom stereocenters. The lowest BCUT2D eigenvalue weighted by atomic mass is 10.1. The van der Waals surface area contributed by atoms with Crippen LogP contribution >= 0.6 is 23.4 Å². The number of thioether (sulfide) groups is 1. The average molecular weight is 467 g/mol. The van der Waals surface area contributed by atoms with Gasteiger partial charge in [0, 0.05) is 40.8 Å². The molecule has 1 aromatic heterocycles. The number of carbonyl (C=O) groups is 2. The number of halogens is 1. The normalized spacial score (nSPS) is 12.8. The van der Waals surface area contributed by atoms with Crippen LogP contribution in [0, 0.1) is 13.8 Å². The van der Waals surface area contributed by atoms with Gasteiger partial charge in [0.15, 0.2) is 0 Å². The fourth-order valence-electron chi connectivity index (χ4n) is 3.60. The number of aryl methyl sites for hydroxylation is 2. The van der Waals surface area contributed by atoms with E-state index in [0.717, 1.165) is 33.3 Å². The summed E-state index contributed by atoms with van der Waals surface area (Å²) in [5.74, 6) is 0.601. The molecule has 8 heteroatoms. The van der Waals surface area contributed by atoms with Crippen molar-refractivity contribution in [1.29, 1.82) is 0 Å². The van der Waals surface area contributed by atoms with Crippen molar-refractivity contribution < 1.29 is 9.59 Å². The number of nitrogens with one attached hydrogen (secondary N) is 2. The number of hydrogen-bond acceptors (Lipinski definition) is 4. The van der Waals surface area contributed by atoms with Gasteiger partial charge < -0.3 is 10.6 Å². The number of pyridine rings is 1. The summed E-state index contributed by atoms with van der Waals surface area (Å²) < 4.78 is 0. The van der Waals surface area contributed by atoms with Gasteiger partial charge in [-0.3, -0.25) is 9.69 Å². The predicted octanol–water partition coefficient (Wildman–Crippen LogP) is 5.43. The van der Waals surface area contributed by atoms with Crippen molar-refractivity contribution in [3.8, 4) is 0 Å². The molecule has 0 bridgehead atoms. The zero-order valence-electron chi connectivity index (χ0n) is 17.8. The molecule has 0 saturated heterocycles. The summed E-state index contributed by atoms with van der Waals surface area (Å²) in [7, 11) is 0. The van der Waals surface area contributed by atoms with Gasteiger partial charge in [0.05, 0.1) is 5.69 Å². The highest BCUT2D eigenvalue weighted by Crippen LogP contribution is 2.36. The summed E-state index contributed by atoms with van der Waals surface area (Å²) in [6.07, 6.45) is 0. The predicted molar refractivity (Wildman–Crippen MR) is 130 cm³/mol. The minimum Gasteiger partial charge on any atom is -0.348 e. The molecule has 0 aliphatic carbocycles. The van der Waals surface area contributed by atoms with E-state index in [2.05, 4.69) is 15.6 Å². The van der Waals surface area contributed by atoms with Crippen LogP contribution in [-0.4, -0.2) is 29.2 Å². The van der Waals surface area contributed by atoms with Gasteiger partial charge in [-0.15, -0.1) is 11.8 Å². The zero-order chi connectivity index (χ0) is 22.7. The van der Waals surface area contributed by atoms with Crippen LogP contribution in [0.2, 0.25) is 5.02 Å². The highest BCUT2D eigenvalue weighted by atomic mass is 35.5. The third kappa shape index (κ3) is 5.06. The average Bonchev–Trinajstić information content (AvgIpc) is 2.77. The van der Waals surface area contributed by atoms with E-state index in [1.165, 1.54) is 0 Å². The quantitative estimate of drug-likeness (QED) is 0.538. The number of hydrogen-bond donors (Lipinski definition) is 2. The molecule has 0 fully saturated rings. The van der Waals surface area contributed by atoms with Crippen LogP contribution in [0.25, 0.3) is 0 Å². The lowest BCUT2D eigenvalue weighted by Gasteiger charge is -2.30. The van der Waals surface area contributed by atoms with Crippen LogP contribution in [0.5, 0.6) is 0 Å². The Bertz CT molecular complexity index is 1170. The number of rotatable bonds is 4. The summed E-state index contributed by atoms with van der Waals surface area (Å²) in [4.78, 5) is 31.7. The van der Waals surface area contributed by atoms with Crippen molar-refractivity contribution in [3.63, 3.8) is 0 Å². The second-order valence-corrected chi connectivity index (χ2v) is 9.07. The number of fused-ring (bicyclic) bond motifs is 1. The fraction of sp³-hybridized carbons (Fsp3) is 0.208. The lowest BCUT2D eigenvalue weighted by Crippen LogP contribution is -2.39. The minimum absolute atomic E-state index is 0.193. The van der Waals surface area contributed by atoms with E-state index in [9.17, 15) is 9.59 Å². The molecule has 3 amide bonds. The number of carbonyl (C=O) groups excluding carboxylic acids is 2. The van der Waals surface area contributed by atoms with Gasteiger partial charge in [0.1, 0.15) is 5.03 Å². The molecular weight excluding hydrogens is 444 g/mol. The summed E-state index contributed by atoms with van der Waals surface area (Å²) in [5.41, 5.74) is 4.90. The third-order valence-electron chi connectivity index (χ3n) is 5.09. The van der Waals surface area contributed by atoms with E-state index in [4.69, 9.17) is 11.6 Å². The molecule has 164 valence electrons. The Morgan fingerprint density at radius 3 is 2.66 bits per heavy atom. The summed E-state index contributed by atoms with van der Waals surface area (Å²) in [5, 5.41) is 7.32. The van der Waals surface area contributed by atoms with E-state index in [0.29, 0.717) is 29.4 Å². The first-order valence-corrected chi connectivity index (χ1v) is 11.6. The second kappa shape index (κ2) is 9.63. The Balaban J connectivity index is 1.40. The minimum atomic E-state index is -0.210. The first-order chi connectivity index (χ1) is 15.4. The number of aromatic nitrogens is 1. The maximum absolute atomic E-state index is 13.0. The van der Waals surface area contributed by atoms with Gasteiger partial charge in [0.25, 0.3) is 5.91 Å². The van der Waals surface area contributed by atoms with Crippen LogP contribution in [0.4, 0.5) is 16.2 Å². The van der Waals surface area contributed by atoms with Crippen molar-refractivity contribution in [3.05, 3.63) is 82.0 Å². The van der Waals surface area contributed by atoms with E-state index in [1.807, 2.05) is 38.1 Å². The number of amides is 3. The van der Waals surface area contributed by atoms with Crippen molar-refractivity contribution in [2.75, 3.05) is 22.5 Å².